The minimum Gasteiger partial charge on any atom is -0.452 e. The van der Waals surface area contributed by atoms with Crippen LogP contribution in [0.25, 0.3) is 6.08 Å². The van der Waals surface area contributed by atoms with Gasteiger partial charge in [-0.05, 0) is 18.6 Å². The number of benzene rings is 1. The molecule has 0 aliphatic rings. The highest BCUT2D eigenvalue weighted by atomic mass is 16.5. The van der Waals surface area contributed by atoms with Gasteiger partial charge in [-0.1, -0.05) is 30.3 Å². The van der Waals surface area contributed by atoms with Gasteiger partial charge in [-0.25, -0.2) is 4.79 Å². The molecule has 1 rings (SSSR count). The zero-order valence-electron chi connectivity index (χ0n) is 14.1. The molecule has 0 radical (unpaired) electrons. The number of urea groups is 1. The molecule has 0 bridgehead atoms. The van der Waals surface area contributed by atoms with Gasteiger partial charge in [0.05, 0.1) is 6.42 Å². The summed E-state index contributed by atoms with van der Waals surface area (Å²) >= 11 is 0. The number of nitrogens with one attached hydrogen (secondary N) is 3. The van der Waals surface area contributed by atoms with Gasteiger partial charge in [0.15, 0.2) is 6.10 Å². The second kappa shape index (κ2) is 10.6. The van der Waals surface area contributed by atoms with Gasteiger partial charge in [0, 0.05) is 19.7 Å². The van der Waals surface area contributed by atoms with Crippen molar-refractivity contribution in [1.29, 1.82) is 0 Å². The maximum Gasteiger partial charge on any atom is 0.321 e. The molecule has 0 aliphatic heterocycles. The second-order valence-corrected chi connectivity index (χ2v) is 4.99. The molecule has 4 amide bonds. The minimum atomic E-state index is -1.11. The molecule has 3 N–H and O–H groups in total. The lowest BCUT2D eigenvalue weighted by molar-refractivity contribution is -0.154. The van der Waals surface area contributed by atoms with Crippen molar-refractivity contribution in [3.05, 3.63) is 42.0 Å². The first-order chi connectivity index (χ1) is 11.9. The van der Waals surface area contributed by atoms with E-state index in [1.165, 1.54) is 20.0 Å². The van der Waals surface area contributed by atoms with Crippen LogP contribution in [0, 0.1) is 0 Å². The molecule has 0 aromatic heterocycles. The van der Waals surface area contributed by atoms with E-state index in [2.05, 4.69) is 10.6 Å². The number of ether oxygens (including phenoxy) is 1. The average molecular weight is 347 g/mol. The SMILES string of the molecule is CNC(=O)NC(=O)[C@H](C)OC(=O)CCNC(=O)/C=C/c1ccccc1. The first-order valence-electron chi connectivity index (χ1n) is 7.65. The van der Waals surface area contributed by atoms with Crippen molar-refractivity contribution in [3.8, 4) is 0 Å². The van der Waals surface area contributed by atoms with Crippen molar-refractivity contribution < 1.29 is 23.9 Å². The van der Waals surface area contributed by atoms with Gasteiger partial charge in [0.1, 0.15) is 0 Å². The van der Waals surface area contributed by atoms with Gasteiger partial charge >= 0.3 is 12.0 Å². The highest BCUT2D eigenvalue weighted by molar-refractivity contribution is 5.97. The van der Waals surface area contributed by atoms with Crippen LogP contribution in [-0.2, 0) is 19.1 Å². The molecular formula is C17H21N3O5. The number of esters is 1. The molecule has 0 unspecified atom stereocenters. The Kier molecular flexibility index (Phi) is 8.42. The Morgan fingerprint density at radius 3 is 2.48 bits per heavy atom. The van der Waals surface area contributed by atoms with Crippen molar-refractivity contribution in [2.75, 3.05) is 13.6 Å². The Morgan fingerprint density at radius 2 is 1.84 bits per heavy atom. The van der Waals surface area contributed by atoms with E-state index in [4.69, 9.17) is 4.74 Å². The molecule has 134 valence electrons. The van der Waals surface area contributed by atoms with Gasteiger partial charge in [0.25, 0.3) is 5.91 Å². The van der Waals surface area contributed by atoms with Crippen LogP contribution >= 0.6 is 0 Å². The van der Waals surface area contributed by atoms with Crippen molar-refractivity contribution >= 4 is 29.9 Å². The number of carbonyl (C=O) groups is 4. The fourth-order valence-electron chi connectivity index (χ4n) is 1.67. The fraction of sp³-hybridized carbons (Fsp3) is 0.294. The first-order valence-corrected chi connectivity index (χ1v) is 7.65. The van der Waals surface area contributed by atoms with E-state index in [1.807, 2.05) is 35.6 Å². The average Bonchev–Trinajstić information content (AvgIpc) is 2.60. The molecule has 0 saturated carbocycles. The van der Waals surface area contributed by atoms with Crippen LogP contribution < -0.4 is 16.0 Å². The van der Waals surface area contributed by atoms with E-state index in [-0.39, 0.29) is 18.9 Å². The summed E-state index contributed by atoms with van der Waals surface area (Å²) in [6, 6.07) is 8.60. The summed E-state index contributed by atoms with van der Waals surface area (Å²) in [5.41, 5.74) is 0.882. The largest absolute Gasteiger partial charge is 0.452 e. The molecule has 0 aliphatic carbocycles. The van der Waals surface area contributed by atoms with Crippen LogP contribution in [0.2, 0.25) is 0 Å². The lowest BCUT2D eigenvalue weighted by Crippen LogP contribution is -2.43. The molecular weight excluding hydrogens is 326 g/mol. The standard InChI is InChI=1S/C17H21N3O5/c1-12(16(23)20-17(24)18-2)25-15(22)10-11-19-14(21)9-8-13-6-4-3-5-7-13/h3-9,12H,10-11H2,1-2H3,(H,19,21)(H2,18,20,23,24)/b9-8+/t12-/m0/s1. The summed E-state index contributed by atoms with van der Waals surface area (Å²) in [5, 5.41) is 6.74. The third kappa shape index (κ3) is 8.31. The first kappa shape index (κ1) is 19.9. The highest BCUT2D eigenvalue weighted by Gasteiger charge is 2.19. The number of hydrogen-bond donors (Lipinski definition) is 3. The Labute approximate surface area is 145 Å². The van der Waals surface area contributed by atoms with Crippen molar-refractivity contribution in [1.82, 2.24) is 16.0 Å². The molecule has 1 atom stereocenters. The third-order valence-electron chi connectivity index (χ3n) is 3.00. The summed E-state index contributed by atoms with van der Waals surface area (Å²) in [6.07, 6.45) is 1.81. The molecule has 0 saturated heterocycles. The Morgan fingerprint density at radius 1 is 1.16 bits per heavy atom. The Hall–Kier alpha value is -3.16. The molecule has 0 heterocycles. The van der Waals surface area contributed by atoms with E-state index < -0.39 is 24.0 Å². The third-order valence-corrected chi connectivity index (χ3v) is 3.00. The Balaban J connectivity index is 2.27. The number of amides is 4. The smallest absolute Gasteiger partial charge is 0.321 e. The minimum absolute atomic E-state index is 0.0700. The molecule has 8 heteroatoms. The number of rotatable bonds is 7. The zero-order chi connectivity index (χ0) is 18.7. The van der Waals surface area contributed by atoms with Crippen LogP contribution in [-0.4, -0.2) is 43.5 Å². The molecule has 1 aromatic carbocycles. The van der Waals surface area contributed by atoms with Crippen LogP contribution in [0.15, 0.2) is 36.4 Å². The predicted octanol–water partition coefficient (Wildman–Crippen LogP) is 0.593. The van der Waals surface area contributed by atoms with Gasteiger partial charge in [0.2, 0.25) is 5.91 Å². The fourth-order valence-corrected chi connectivity index (χ4v) is 1.67. The molecule has 8 nitrogen and oxygen atoms in total. The van der Waals surface area contributed by atoms with Gasteiger partial charge in [-0.2, -0.15) is 0 Å². The van der Waals surface area contributed by atoms with Crippen LogP contribution in [0.3, 0.4) is 0 Å². The van der Waals surface area contributed by atoms with Crippen LogP contribution in [0.1, 0.15) is 18.9 Å². The summed E-state index contributed by atoms with van der Waals surface area (Å²) < 4.78 is 4.87. The summed E-state index contributed by atoms with van der Waals surface area (Å²) in [6.45, 7) is 1.41. The maximum atomic E-state index is 11.6. The van der Waals surface area contributed by atoms with E-state index in [1.54, 1.807) is 6.08 Å². The number of carbonyl (C=O) groups excluding carboxylic acids is 4. The van der Waals surface area contributed by atoms with E-state index >= 15 is 0 Å². The van der Waals surface area contributed by atoms with Crippen molar-refractivity contribution in [2.45, 2.75) is 19.4 Å². The van der Waals surface area contributed by atoms with Gasteiger partial charge in [-0.3, -0.25) is 19.7 Å². The summed E-state index contributed by atoms with van der Waals surface area (Å²) in [5.74, 6) is -1.74. The quantitative estimate of drug-likeness (QED) is 0.493. The molecule has 1 aromatic rings. The van der Waals surface area contributed by atoms with Crippen LogP contribution in [0.4, 0.5) is 4.79 Å². The van der Waals surface area contributed by atoms with Gasteiger partial charge in [-0.15, -0.1) is 0 Å². The second-order valence-electron chi connectivity index (χ2n) is 4.99. The van der Waals surface area contributed by atoms with Crippen molar-refractivity contribution in [3.63, 3.8) is 0 Å². The Bertz CT molecular complexity index is 643. The maximum absolute atomic E-state index is 11.6. The number of hydrogen-bond acceptors (Lipinski definition) is 5. The topological polar surface area (TPSA) is 114 Å². The molecule has 25 heavy (non-hydrogen) atoms. The lowest BCUT2D eigenvalue weighted by Gasteiger charge is -2.12. The zero-order valence-corrected chi connectivity index (χ0v) is 14.1. The van der Waals surface area contributed by atoms with Crippen molar-refractivity contribution in [2.24, 2.45) is 0 Å². The molecule has 0 fully saturated rings. The summed E-state index contributed by atoms with van der Waals surface area (Å²) in [4.78, 5) is 45.7. The van der Waals surface area contributed by atoms with E-state index in [0.717, 1.165) is 5.56 Å². The monoisotopic (exact) mass is 347 g/mol. The van der Waals surface area contributed by atoms with E-state index in [0.29, 0.717) is 0 Å². The predicted molar refractivity (Wildman–Crippen MR) is 91.3 cm³/mol. The molecule has 0 spiro atoms. The highest BCUT2D eigenvalue weighted by Crippen LogP contribution is 2.00. The number of imide groups is 1. The lowest BCUT2D eigenvalue weighted by atomic mass is 10.2. The normalized spacial score (nSPS) is 11.4. The van der Waals surface area contributed by atoms with E-state index in [9.17, 15) is 19.2 Å². The summed E-state index contributed by atoms with van der Waals surface area (Å²) in [7, 11) is 1.36. The van der Waals surface area contributed by atoms with Gasteiger partial charge < -0.3 is 15.4 Å². The van der Waals surface area contributed by atoms with Crippen LogP contribution in [0.5, 0.6) is 0 Å².